The van der Waals surface area contributed by atoms with Crippen LogP contribution in [0.25, 0.3) is 10.9 Å². The van der Waals surface area contributed by atoms with Crippen molar-refractivity contribution in [3.05, 3.63) is 53.6 Å². The fourth-order valence-corrected chi connectivity index (χ4v) is 5.54. The molecule has 1 atom stereocenters. The van der Waals surface area contributed by atoms with Crippen LogP contribution in [0.3, 0.4) is 0 Å². The average Bonchev–Trinajstić information content (AvgIpc) is 2.96. The number of nitrogens with one attached hydrogen (secondary N) is 1. The smallest absolute Gasteiger partial charge is 0.227 e. The zero-order valence-electron chi connectivity index (χ0n) is 23.7. The third kappa shape index (κ3) is 7.20. The number of piperidine rings is 2. The lowest BCUT2D eigenvalue weighted by Crippen LogP contribution is -2.41. The maximum atomic E-state index is 5.79. The van der Waals surface area contributed by atoms with Crippen molar-refractivity contribution in [1.29, 1.82) is 0 Å². The largest absolute Gasteiger partial charge is 0.495 e. The van der Waals surface area contributed by atoms with Gasteiger partial charge in [0.25, 0.3) is 0 Å². The first-order valence-electron chi connectivity index (χ1n) is 14.4. The summed E-state index contributed by atoms with van der Waals surface area (Å²) in [6, 6.07) is 15.2. The van der Waals surface area contributed by atoms with Crippen molar-refractivity contribution >= 4 is 22.7 Å². The predicted molar refractivity (Wildman–Crippen MR) is 161 cm³/mol. The van der Waals surface area contributed by atoms with Crippen LogP contribution in [0.2, 0.25) is 0 Å². The molecule has 206 valence electrons. The molecule has 1 N–H and O–H groups in total. The highest BCUT2D eigenvalue weighted by molar-refractivity contribution is 5.93. The molecule has 3 aromatic rings. The minimum atomic E-state index is 0.325. The molecule has 39 heavy (non-hydrogen) atoms. The van der Waals surface area contributed by atoms with E-state index in [1.165, 1.54) is 31.2 Å². The molecule has 3 heterocycles. The van der Waals surface area contributed by atoms with Gasteiger partial charge in [-0.2, -0.15) is 4.98 Å². The van der Waals surface area contributed by atoms with Crippen LogP contribution in [0.1, 0.15) is 49.7 Å². The molecule has 0 aliphatic carbocycles. The molecule has 0 spiro atoms. The number of rotatable bonds is 8. The summed E-state index contributed by atoms with van der Waals surface area (Å²) in [5.41, 5.74) is 3.16. The number of benzene rings is 2. The highest BCUT2D eigenvalue weighted by Gasteiger charge is 2.23. The third-order valence-electron chi connectivity index (χ3n) is 7.65. The van der Waals surface area contributed by atoms with Gasteiger partial charge in [-0.25, -0.2) is 4.98 Å². The third-order valence-corrected chi connectivity index (χ3v) is 7.65. The second kappa shape index (κ2) is 13.1. The molecule has 5 rings (SSSR count). The number of hydrogen-bond acceptors (Lipinski definition) is 7. The summed E-state index contributed by atoms with van der Waals surface area (Å²) in [7, 11) is 5.85. The lowest BCUT2D eigenvalue weighted by atomic mass is 10.0. The van der Waals surface area contributed by atoms with E-state index in [0.29, 0.717) is 6.04 Å². The topological polar surface area (TPSA) is 56.8 Å². The Morgan fingerprint density at radius 3 is 2.62 bits per heavy atom. The van der Waals surface area contributed by atoms with Gasteiger partial charge < -0.3 is 19.9 Å². The van der Waals surface area contributed by atoms with Crippen molar-refractivity contribution < 1.29 is 4.74 Å². The Kier molecular flexibility index (Phi) is 9.18. The van der Waals surface area contributed by atoms with Gasteiger partial charge in [-0.05, 0) is 70.4 Å². The molecular weight excluding hydrogens is 484 g/mol. The molecule has 0 amide bonds. The number of nitrogens with zero attached hydrogens (tertiary/aromatic N) is 5. The number of aromatic nitrogens is 2. The number of ether oxygens (including phenoxy) is 1. The van der Waals surface area contributed by atoms with Gasteiger partial charge in [0, 0.05) is 50.6 Å². The molecule has 0 radical (unpaired) electrons. The first-order valence-corrected chi connectivity index (χ1v) is 14.4. The van der Waals surface area contributed by atoms with E-state index in [4.69, 9.17) is 14.7 Å². The zero-order chi connectivity index (χ0) is 27.0. The maximum Gasteiger partial charge on any atom is 0.227 e. The molecule has 7 heteroatoms. The van der Waals surface area contributed by atoms with Crippen LogP contribution in [-0.4, -0.2) is 79.7 Å². The average molecular weight is 527 g/mol. The van der Waals surface area contributed by atoms with Crippen molar-refractivity contribution in [3.8, 4) is 17.6 Å². The zero-order valence-corrected chi connectivity index (χ0v) is 23.7. The Morgan fingerprint density at radius 2 is 1.85 bits per heavy atom. The van der Waals surface area contributed by atoms with Crippen LogP contribution in [0, 0.1) is 11.8 Å². The summed E-state index contributed by atoms with van der Waals surface area (Å²) in [5, 5.41) is 4.83. The summed E-state index contributed by atoms with van der Waals surface area (Å²) in [5.74, 6) is 9.13. The van der Waals surface area contributed by atoms with Crippen molar-refractivity contribution in [3.63, 3.8) is 0 Å². The van der Waals surface area contributed by atoms with Gasteiger partial charge >= 0.3 is 0 Å². The van der Waals surface area contributed by atoms with Crippen molar-refractivity contribution in [1.82, 2.24) is 19.8 Å². The van der Waals surface area contributed by atoms with E-state index in [1.54, 1.807) is 7.11 Å². The number of likely N-dealkylation sites (tertiary alicyclic amines) is 1. The van der Waals surface area contributed by atoms with Gasteiger partial charge in [0.2, 0.25) is 5.95 Å². The second-order valence-electron chi connectivity index (χ2n) is 11.0. The Balaban J connectivity index is 1.44. The van der Waals surface area contributed by atoms with Gasteiger partial charge in [-0.15, -0.1) is 0 Å². The van der Waals surface area contributed by atoms with Crippen LogP contribution in [-0.2, 0) is 6.54 Å². The summed E-state index contributed by atoms with van der Waals surface area (Å²) in [4.78, 5) is 17.2. The normalized spacial score (nSPS) is 18.2. The molecule has 0 saturated carbocycles. The first kappa shape index (κ1) is 27.2. The Morgan fingerprint density at radius 1 is 1.03 bits per heavy atom. The number of hydrogen-bond donors (Lipinski definition) is 1. The molecule has 2 aliphatic rings. The van der Waals surface area contributed by atoms with Crippen LogP contribution in [0.5, 0.6) is 5.75 Å². The SMILES string of the molecule is COc1cc2c(N[C@@H]3CCCN(Cc4ccccc4)C3)nc(N3CCCCC3)nc2cc1C#CCCN(C)C. The fourth-order valence-electron chi connectivity index (χ4n) is 5.54. The Labute approximate surface area is 233 Å². The van der Waals surface area contributed by atoms with Crippen molar-refractivity contribution in [2.75, 3.05) is 64.1 Å². The van der Waals surface area contributed by atoms with Gasteiger partial charge in [-0.1, -0.05) is 42.2 Å². The summed E-state index contributed by atoms with van der Waals surface area (Å²) in [6.45, 7) is 6.04. The highest BCUT2D eigenvalue weighted by Crippen LogP contribution is 2.32. The van der Waals surface area contributed by atoms with E-state index in [2.05, 4.69) is 88.4 Å². The van der Waals surface area contributed by atoms with E-state index < -0.39 is 0 Å². The van der Waals surface area contributed by atoms with Crippen LogP contribution >= 0.6 is 0 Å². The Hall–Kier alpha value is -3.34. The van der Waals surface area contributed by atoms with Crippen LogP contribution < -0.4 is 15.0 Å². The summed E-state index contributed by atoms with van der Waals surface area (Å²) >= 11 is 0. The lowest BCUT2D eigenvalue weighted by Gasteiger charge is -2.34. The highest BCUT2D eigenvalue weighted by atomic mass is 16.5. The first-order chi connectivity index (χ1) is 19.1. The molecule has 0 unspecified atom stereocenters. The van der Waals surface area contributed by atoms with E-state index in [1.807, 2.05) is 0 Å². The molecule has 2 fully saturated rings. The van der Waals surface area contributed by atoms with Gasteiger partial charge in [0.15, 0.2) is 0 Å². The molecule has 0 bridgehead atoms. The lowest BCUT2D eigenvalue weighted by molar-refractivity contribution is 0.208. The minimum absolute atomic E-state index is 0.325. The van der Waals surface area contributed by atoms with E-state index in [0.717, 1.165) is 86.1 Å². The monoisotopic (exact) mass is 526 g/mol. The number of methoxy groups -OCH3 is 1. The number of fused-ring (bicyclic) bond motifs is 1. The van der Waals surface area contributed by atoms with E-state index in [9.17, 15) is 0 Å². The predicted octanol–water partition coefficient (Wildman–Crippen LogP) is 5.01. The fraction of sp³-hybridized carbons (Fsp3) is 0.500. The minimum Gasteiger partial charge on any atom is -0.495 e. The van der Waals surface area contributed by atoms with Crippen LogP contribution in [0.15, 0.2) is 42.5 Å². The summed E-state index contributed by atoms with van der Waals surface area (Å²) in [6.07, 6.45) is 6.76. The molecule has 2 saturated heterocycles. The molecule has 2 aliphatic heterocycles. The molecular formula is C32H42N6O. The van der Waals surface area contributed by atoms with Crippen molar-refractivity contribution in [2.24, 2.45) is 0 Å². The Bertz CT molecular complexity index is 1290. The number of anilines is 2. The van der Waals surface area contributed by atoms with Gasteiger partial charge in [0.1, 0.15) is 11.6 Å². The van der Waals surface area contributed by atoms with E-state index in [-0.39, 0.29) is 0 Å². The second-order valence-corrected chi connectivity index (χ2v) is 11.0. The maximum absolute atomic E-state index is 5.79. The summed E-state index contributed by atoms with van der Waals surface area (Å²) < 4.78 is 5.79. The van der Waals surface area contributed by atoms with Crippen molar-refractivity contribution in [2.45, 2.75) is 51.1 Å². The van der Waals surface area contributed by atoms with Gasteiger partial charge in [-0.3, -0.25) is 4.90 Å². The van der Waals surface area contributed by atoms with Crippen LogP contribution in [0.4, 0.5) is 11.8 Å². The molecule has 1 aromatic heterocycles. The molecule has 7 nitrogen and oxygen atoms in total. The quantitative estimate of drug-likeness (QED) is 0.414. The van der Waals surface area contributed by atoms with Gasteiger partial charge in [0.05, 0.1) is 18.2 Å². The van der Waals surface area contributed by atoms with E-state index >= 15 is 0 Å². The molecule has 2 aromatic carbocycles. The standard InChI is InChI=1S/C32H42N6O/c1-36(2)17-11-8-15-26-21-29-28(22-30(26)39-3)31(35-32(34-29)38-19-9-5-10-20-38)33-27-16-12-18-37(24-27)23-25-13-6-4-7-14-25/h4,6-7,13-14,21-22,27H,5,9-12,16-20,23-24H2,1-3H3,(H,33,34,35)/t27-/m1/s1.